The third kappa shape index (κ3) is 4.54. The SMILES string of the molecule is CC1=CN=C(c2ccc(OC(C)C)c(C#N)c2)SC1c1cccc2c1CCC2N1CCCCC1. The van der Waals surface area contributed by atoms with Gasteiger partial charge in [0.25, 0.3) is 0 Å². The molecular formula is C29H33N3OS. The van der Waals surface area contributed by atoms with Gasteiger partial charge in [-0.05, 0) is 100 Å². The van der Waals surface area contributed by atoms with Crippen LogP contribution in [0.5, 0.6) is 5.75 Å². The first-order valence-corrected chi connectivity index (χ1v) is 13.4. The third-order valence-electron chi connectivity index (χ3n) is 7.13. The number of hydrogen-bond donors (Lipinski definition) is 0. The number of ether oxygens (including phenoxy) is 1. The molecule has 0 bridgehead atoms. The van der Waals surface area contributed by atoms with Gasteiger partial charge in [0.05, 0.1) is 16.9 Å². The summed E-state index contributed by atoms with van der Waals surface area (Å²) in [6.45, 7) is 8.61. The normalized spacial score (nSPS) is 22.7. The first-order chi connectivity index (χ1) is 16.5. The molecule has 34 heavy (non-hydrogen) atoms. The summed E-state index contributed by atoms with van der Waals surface area (Å²) in [6, 6.07) is 15.6. The van der Waals surface area contributed by atoms with Crippen LogP contribution in [0.3, 0.4) is 0 Å². The van der Waals surface area contributed by atoms with E-state index in [1.54, 1.807) is 22.9 Å². The van der Waals surface area contributed by atoms with E-state index >= 15 is 0 Å². The summed E-state index contributed by atoms with van der Waals surface area (Å²) in [6.07, 6.45) is 8.47. The van der Waals surface area contributed by atoms with Gasteiger partial charge in [-0.2, -0.15) is 5.26 Å². The van der Waals surface area contributed by atoms with Crippen LogP contribution < -0.4 is 4.74 Å². The number of fused-ring (bicyclic) bond motifs is 1. The van der Waals surface area contributed by atoms with Crippen LogP contribution in [-0.4, -0.2) is 29.1 Å². The molecule has 0 spiro atoms. The average molecular weight is 472 g/mol. The van der Waals surface area contributed by atoms with E-state index in [4.69, 9.17) is 9.73 Å². The van der Waals surface area contributed by atoms with Crippen LogP contribution in [0.4, 0.5) is 0 Å². The van der Waals surface area contributed by atoms with Gasteiger partial charge in [-0.25, -0.2) is 4.99 Å². The van der Waals surface area contributed by atoms with Crippen molar-refractivity contribution in [3.8, 4) is 11.8 Å². The number of likely N-dealkylation sites (tertiary alicyclic amines) is 1. The molecule has 0 radical (unpaired) electrons. The van der Waals surface area contributed by atoms with E-state index in [9.17, 15) is 5.26 Å². The second-order valence-electron chi connectivity index (χ2n) is 9.86. The summed E-state index contributed by atoms with van der Waals surface area (Å²) in [7, 11) is 0. The van der Waals surface area contributed by atoms with Crippen molar-refractivity contribution in [3.63, 3.8) is 0 Å². The zero-order chi connectivity index (χ0) is 23.7. The molecule has 0 saturated carbocycles. The Morgan fingerprint density at radius 2 is 1.91 bits per heavy atom. The number of rotatable bonds is 5. The highest BCUT2D eigenvalue weighted by Gasteiger charge is 2.33. The van der Waals surface area contributed by atoms with Crippen LogP contribution in [-0.2, 0) is 6.42 Å². The topological polar surface area (TPSA) is 48.6 Å². The van der Waals surface area contributed by atoms with Gasteiger partial charge in [0.2, 0.25) is 0 Å². The van der Waals surface area contributed by atoms with Crippen molar-refractivity contribution >= 4 is 16.8 Å². The minimum Gasteiger partial charge on any atom is -0.490 e. The lowest BCUT2D eigenvalue weighted by atomic mass is 9.96. The second-order valence-corrected chi connectivity index (χ2v) is 11.0. The molecule has 0 N–H and O–H groups in total. The molecule has 0 amide bonds. The van der Waals surface area contributed by atoms with Crippen molar-refractivity contribution in [1.82, 2.24) is 4.90 Å². The van der Waals surface area contributed by atoms with Gasteiger partial charge < -0.3 is 4.74 Å². The van der Waals surface area contributed by atoms with Crippen molar-refractivity contribution in [2.75, 3.05) is 13.1 Å². The highest BCUT2D eigenvalue weighted by molar-refractivity contribution is 8.14. The molecular weight excluding hydrogens is 438 g/mol. The van der Waals surface area contributed by atoms with E-state index in [2.05, 4.69) is 36.1 Å². The Morgan fingerprint density at radius 1 is 1.12 bits per heavy atom. The molecule has 2 heterocycles. The van der Waals surface area contributed by atoms with Gasteiger partial charge in [0.1, 0.15) is 16.9 Å². The Hall–Kier alpha value is -2.55. The maximum Gasteiger partial charge on any atom is 0.137 e. The largest absolute Gasteiger partial charge is 0.490 e. The van der Waals surface area contributed by atoms with Gasteiger partial charge >= 0.3 is 0 Å². The maximum absolute atomic E-state index is 9.67. The molecule has 0 aromatic heterocycles. The Bertz CT molecular complexity index is 1170. The number of hydrogen-bond acceptors (Lipinski definition) is 5. The fraction of sp³-hybridized carbons (Fsp3) is 0.448. The maximum atomic E-state index is 9.67. The van der Waals surface area contributed by atoms with Crippen LogP contribution in [0.2, 0.25) is 0 Å². The summed E-state index contributed by atoms with van der Waals surface area (Å²) >= 11 is 1.81. The molecule has 2 aromatic rings. The molecule has 5 rings (SSSR count). The number of nitrogens with zero attached hydrogens (tertiary/aromatic N) is 3. The minimum absolute atomic E-state index is 0.0308. The molecule has 2 aliphatic heterocycles. The molecule has 2 aromatic carbocycles. The average Bonchev–Trinajstić information content (AvgIpc) is 3.29. The summed E-state index contributed by atoms with van der Waals surface area (Å²) in [5.74, 6) is 0.635. The first kappa shape index (κ1) is 23.2. The predicted octanol–water partition coefficient (Wildman–Crippen LogP) is 6.96. The monoisotopic (exact) mass is 471 g/mol. The molecule has 2 unspecified atom stereocenters. The van der Waals surface area contributed by atoms with Crippen LogP contribution in [0.1, 0.15) is 85.6 Å². The van der Waals surface area contributed by atoms with Crippen molar-refractivity contribution in [1.29, 1.82) is 5.26 Å². The second kappa shape index (κ2) is 9.98. The number of piperidine rings is 1. The van der Waals surface area contributed by atoms with Crippen LogP contribution >= 0.6 is 11.8 Å². The van der Waals surface area contributed by atoms with E-state index in [1.165, 1.54) is 49.9 Å². The number of nitriles is 1. The molecule has 1 fully saturated rings. The quantitative estimate of drug-likeness (QED) is 0.473. The van der Waals surface area contributed by atoms with E-state index < -0.39 is 0 Å². The zero-order valence-corrected chi connectivity index (χ0v) is 21.2. The number of thioether (sulfide) groups is 1. The van der Waals surface area contributed by atoms with Gasteiger partial charge in [-0.15, -0.1) is 0 Å². The van der Waals surface area contributed by atoms with E-state index in [0.29, 0.717) is 17.4 Å². The molecule has 1 aliphatic carbocycles. The molecule has 5 heteroatoms. The highest BCUT2D eigenvalue weighted by Crippen LogP contribution is 2.47. The van der Waals surface area contributed by atoms with Gasteiger partial charge in [-0.3, -0.25) is 4.90 Å². The lowest BCUT2D eigenvalue weighted by molar-refractivity contribution is 0.163. The first-order valence-electron chi connectivity index (χ1n) is 12.5. The predicted molar refractivity (Wildman–Crippen MR) is 140 cm³/mol. The van der Waals surface area contributed by atoms with Crippen LogP contribution in [0.25, 0.3) is 0 Å². The van der Waals surface area contributed by atoms with E-state index in [0.717, 1.165) is 17.0 Å². The summed E-state index contributed by atoms with van der Waals surface area (Å²) in [4.78, 5) is 7.48. The van der Waals surface area contributed by atoms with Crippen molar-refractivity contribution in [2.45, 2.75) is 70.3 Å². The van der Waals surface area contributed by atoms with Gasteiger partial charge in [-0.1, -0.05) is 36.4 Å². The standard InChI is InChI=1S/C29H33N3OS/c1-19(2)33-27-13-10-21(16-22(27)17-30)29-31-18-20(3)28(34-29)25-9-7-8-24-23(25)11-12-26(24)32-14-5-4-6-15-32/h7-10,13,16,18-19,26,28H,4-6,11-12,14-15H2,1-3H3. The van der Waals surface area contributed by atoms with Crippen LogP contribution in [0.15, 0.2) is 53.2 Å². The highest BCUT2D eigenvalue weighted by atomic mass is 32.2. The summed E-state index contributed by atoms with van der Waals surface area (Å²) in [5.41, 5.74) is 7.33. The number of aliphatic imine (C=N–C) groups is 1. The Balaban J connectivity index is 1.42. The molecule has 1 saturated heterocycles. The Labute approximate surface area is 207 Å². The van der Waals surface area contributed by atoms with E-state index in [-0.39, 0.29) is 11.4 Å². The zero-order valence-electron chi connectivity index (χ0n) is 20.4. The summed E-state index contributed by atoms with van der Waals surface area (Å²) in [5, 5.41) is 10.9. The van der Waals surface area contributed by atoms with E-state index in [1.807, 2.05) is 38.2 Å². The molecule has 176 valence electrons. The smallest absolute Gasteiger partial charge is 0.137 e. The molecule has 4 nitrogen and oxygen atoms in total. The fourth-order valence-electron chi connectivity index (χ4n) is 5.54. The van der Waals surface area contributed by atoms with Crippen molar-refractivity contribution < 1.29 is 4.74 Å². The van der Waals surface area contributed by atoms with Crippen molar-refractivity contribution in [3.05, 3.63) is 76.0 Å². The fourth-order valence-corrected chi connectivity index (χ4v) is 6.73. The molecule has 3 aliphatic rings. The molecule has 2 atom stereocenters. The summed E-state index contributed by atoms with van der Waals surface area (Å²) < 4.78 is 5.81. The minimum atomic E-state index is 0.0308. The Morgan fingerprint density at radius 3 is 2.68 bits per heavy atom. The lowest BCUT2D eigenvalue weighted by Gasteiger charge is -2.33. The lowest BCUT2D eigenvalue weighted by Crippen LogP contribution is -2.32. The van der Waals surface area contributed by atoms with Crippen LogP contribution in [0, 0.1) is 11.3 Å². The van der Waals surface area contributed by atoms with Gasteiger partial charge in [0.15, 0.2) is 0 Å². The third-order valence-corrected chi connectivity index (χ3v) is 8.55. The number of benzene rings is 2. The van der Waals surface area contributed by atoms with Crippen molar-refractivity contribution in [2.24, 2.45) is 4.99 Å². The van der Waals surface area contributed by atoms with Gasteiger partial charge in [0, 0.05) is 17.8 Å². The Kier molecular flexibility index (Phi) is 6.81.